The Bertz CT molecular complexity index is 756. The Morgan fingerprint density at radius 3 is 2.91 bits per heavy atom. The maximum atomic E-state index is 4.51. The number of rotatable bonds is 6. The van der Waals surface area contributed by atoms with E-state index in [1.807, 2.05) is 17.9 Å². The molecule has 0 aliphatic rings. The number of aromatic nitrogens is 6. The molecule has 116 valence electrons. The lowest BCUT2D eigenvalue weighted by Gasteiger charge is -2.10. The molecular weight excluding hydrogens is 278 g/mol. The van der Waals surface area contributed by atoms with Gasteiger partial charge < -0.3 is 5.32 Å². The summed E-state index contributed by atoms with van der Waals surface area (Å²) in [6, 6.07) is 2.07. The van der Waals surface area contributed by atoms with Crippen molar-refractivity contribution in [1.82, 2.24) is 29.6 Å². The molecule has 7 heteroatoms. The second-order valence-corrected chi connectivity index (χ2v) is 5.79. The molecule has 0 unspecified atom stereocenters. The Kier molecular flexibility index (Phi) is 4.04. The van der Waals surface area contributed by atoms with E-state index < -0.39 is 0 Å². The van der Waals surface area contributed by atoms with Gasteiger partial charge in [0.25, 0.3) is 0 Å². The largest absolute Gasteiger partial charge is 0.382 e. The Morgan fingerprint density at radius 2 is 2.18 bits per heavy atom. The Balaban J connectivity index is 1.66. The number of hydrogen-bond acceptors (Lipinski definition) is 5. The number of nitrogens with zero attached hydrogens (tertiary/aromatic N) is 6. The lowest BCUT2D eigenvalue weighted by atomic mass is 10.1. The molecule has 0 amide bonds. The van der Waals surface area contributed by atoms with Crippen LogP contribution in [-0.4, -0.2) is 36.1 Å². The molecule has 3 heterocycles. The van der Waals surface area contributed by atoms with Crippen LogP contribution < -0.4 is 5.32 Å². The quantitative estimate of drug-likeness (QED) is 0.705. The molecule has 0 bridgehead atoms. The molecule has 3 rings (SSSR count). The van der Waals surface area contributed by atoms with E-state index in [1.165, 1.54) is 5.56 Å². The van der Waals surface area contributed by atoms with Crippen LogP contribution in [0.3, 0.4) is 0 Å². The summed E-state index contributed by atoms with van der Waals surface area (Å²) in [6.45, 7) is 5.13. The zero-order valence-electron chi connectivity index (χ0n) is 13.2. The Labute approximate surface area is 129 Å². The minimum atomic E-state index is 0.364. The smallest absolute Gasteiger partial charge is 0.200 e. The SMILES string of the molecule is CC(C)c1cc(NCCCc2cnn(C)c2)c2nncn2n1. The van der Waals surface area contributed by atoms with E-state index in [2.05, 4.69) is 51.8 Å². The molecule has 0 saturated carbocycles. The number of nitrogens with one attached hydrogen (secondary N) is 1. The molecule has 22 heavy (non-hydrogen) atoms. The van der Waals surface area contributed by atoms with Gasteiger partial charge in [-0.25, -0.2) is 0 Å². The highest BCUT2D eigenvalue weighted by molar-refractivity contribution is 5.66. The number of anilines is 1. The highest BCUT2D eigenvalue weighted by Crippen LogP contribution is 2.20. The van der Waals surface area contributed by atoms with Crippen LogP contribution in [0.5, 0.6) is 0 Å². The van der Waals surface area contributed by atoms with Crippen LogP contribution in [0.4, 0.5) is 5.69 Å². The first-order valence-electron chi connectivity index (χ1n) is 7.56. The van der Waals surface area contributed by atoms with Crippen LogP contribution in [-0.2, 0) is 13.5 Å². The third kappa shape index (κ3) is 3.08. The summed E-state index contributed by atoms with van der Waals surface area (Å²) in [6.07, 6.45) is 7.65. The fourth-order valence-corrected chi connectivity index (χ4v) is 2.37. The molecule has 0 spiro atoms. The topological polar surface area (TPSA) is 72.9 Å². The molecule has 0 aromatic carbocycles. The third-order valence-corrected chi connectivity index (χ3v) is 3.59. The van der Waals surface area contributed by atoms with Gasteiger partial charge in [0.2, 0.25) is 5.65 Å². The van der Waals surface area contributed by atoms with Crippen LogP contribution >= 0.6 is 0 Å². The van der Waals surface area contributed by atoms with Crippen molar-refractivity contribution in [3.8, 4) is 0 Å². The van der Waals surface area contributed by atoms with Gasteiger partial charge in [0.05, 0.1) is 17.6 Å². The minimum absolute atomic E-state index is 0.364. The van der Waals surface area contributed by atoms with Crippen molar-refractivity contribution >= 4 is 11.3 Å². The van der Waals surface area contributed by atoms with Crippen molar-refractivity contribution in [1.29, 1.82) is 0 Å². The molecule has 0 aliphatic carbocycles. The van der Waals surface area contributed by atoms with E-state index in [0.717, 1.165) is 36.4 Å². The molecular formula is C15H21N7. The van der Waals surface area contributed by atoms with Gasteiger partial charge >= 0.3 is 0 Å². The van der Waals surface area contributed by atoms with E-state index in [-0.39, 0.29) is 0 Å². The van der Waals surface area contributed by atoms with Crippen LogP contribution in [0.15, 0.2) is 24.8 Å². The van der Waals surface area contributed by atoms with Gasteiger partial charge in [0, 0.05) is 19.8 Å². The van der Waals surface area contributed by atoms with E-state index >= 15 is 0 Å². The second-order valence-electron chi connectivity index (χ2n) is 5.79. The lowest BCUT2D eigenvalue weighted by Crippen LogP contribution is -2.08. The van der Waals surface area contributed by atoms with Crippen molar-refractivity contribution < 1.29 is 0 Å². The average Bonchev–Trinajstić information content (AvgIpc) is 3.11. The molecule has 3 aromatic rings. The highest BCUT2D eigenvalue weighted by Gasteiger charge is 2.10. The van der Waals surface area contributed by atoms with Gasteiger partial charge in [-0.3, -0.25) is 4.68 Å². The van der Waals surface area contributed by atoms with Gasteiger partial charge in [-0.15, -0.1) is 10.2 Å². The average molecular weight is 299 g/mol. The summed E-state index contributed by atoms with van der Waals surface area (Å²) in [5, 5.41) is 20.2. The summed E-state index contributed by atoms with van der Waals surface area (Å²) in [5.74, 6) is 0.364. The molecule has 0 radical (unpaired) electrons. The molecule has 0 saturated heterocycles. The number of fused-ring (bicyclic) bond motifs is 1. The predicted octanol–water partition coefficient (Wildman–Crippen LogP) is 2.03. The maximum absolute atomic E-state index is 4.51. The zero-order chi connectivity index (χ0) is 15.5. The van der Waals surface area contributed by atoms with E-state index in [1.54, 1.807) is 10.8 Å². The molecule has 0 fully saturated rings. The second kappa shape index (κ2) is 6.13. The summed E-state index contributed by atoms with van der Waals surface area (Å²) in [5.41, 5.74) is 4.05. The van der Waals surface area contributed by atoms with Crippen molar-refractivity contribution in [2.24, 2.45) is 7.05 Å². The van der Waals surface area contributed by atoms with Crippen LogP contribution in [0.2, 0.25) is 0 Å². The monoisotopic (exact) mass is 299 g/mol. The highest BCUT2D eigenvalue weighted by atomic mass is 15.3. The minimum Gasteiger partial charge on any atom is -0.382 e. The third-order valence-electron chi connectivity index (χ3n) is 3.59. The van der Waals surface area contributed by atoms with Gasteiger partial charge in [0.1, 0.15) is 6.33 Å². The number of aryl methyl sites for hydroxylation is 2. The lowest BCUT2D eigenvalue weighted by molar-refractivity contribution is 0.761. The molecule has 7 nitrogen and oxygen atoms in total. The van der Waals surface area contributed by atoms with E-state index in [4.69, 9.17) is 0 Å². The molecule has 0 aliphatic heterocycles. The normalized spacial score (nSPS) is 11.5. The molecule has 3 aromatic heterocycles. The fourth-order valence-electron chi connectivity index (χ4n) is 2.37. The van der Waals surface area contributed by atoms with Crippen molar-refractivity contribution in [2.75, 3.05) is 11.9 Å². The first kappa shape index (κ1) is 14.5. The summed E-state index contributed by atoms with van der Waals surface area (Å²) in [4.78, 5) is 0. The van der Waals surface area contributed by atoms with Crippen LogP contribution in [0, 0.1) is 0 Å². The van der Waals surface area contributed by atoms with Crippen molar-refractivity contribution in [3.05, 3.63) is 36.0 Å². The van der Waals surface area contributed by atoms with Gasteiger partial charge in [0.15, 0.2) is 0 Å². The maximum Gasteiger partial charge on any atom is 0.200 e. The summed E-state index contributed by atoms with van der Waals surface area (Å²) >= 11 is 0. The molecule has 0 atom stereocenters. The van der Waals surface area contributed by atoms with Crippen molar-refractivity contribution in [3.63, 3.8) is 0 Å². The summed E-state index contributed by atoms with van der Waals surface area (Å²) < 4.78 is 3.57. The van der Waals surface area contributed by atoms with E-state index in [0.29, 0.717) is 5.92 Å². The fraction of sp³-hybridized carbons (Fsp3) is 0.467. The Hall–Kier alpha value is -2.44. The summed E-state index contributed by atoms with van der Waals surface area (Å²) in [7, 11) is 1.94. The Morgan fingerprint density at radius 1 is 1.32 bits per heavy atom. The number of hydrogen-bond donors (Lipinski definition) is 1. The molecule has 1 N–H and O–H groups in total. The van der Waals surface area contributed by atoms with Crippen molar-refractivity contribution in [2.45, 2.75) is 32.6 Å². The van der Waals surface area contributed by atoms with Gasteiger partial charge in [-0.1, -0.05) is 13.8 Å². The standard InChI is InChI=1S/C15H21N7/c1-11(2)13-7-14(15-19-17-10-22(15)20-13)16-6-4-5-12-8-18-21(3)9-12/h7-11,16H,4-6H2,1-3H3. The zero-order valence-corrected chi connectivity index (χ0v) is 13.2. The predicted molar refractivity (Wildman–Crippen MR) is 84.9 cm³/mol. The first-order chi connectivity index (χ1) is 10.6. The van der Waals surface area contributed by atoms with E-state index in [9.17, 15) is 0 Å². The first-order valence-corrected chi connectivity index (χ1v) is 7.56. The van der Waals surface area contributed by atoms with Crippen LogP contribution in [0.1, 0.15) is 37.4 Å². The van der Waals surface area contributed by atoms with Gasteiger partial charge in [-0.2, -0.15) is 14.7 Å². The van der Waals surface area contributed by atoms with Crippen LogP contribution in [0.25, 0.3) is 5.65 Å². The van der Waals surface area contributed by atoms with Gasteiger partial charge in [-0.05, 0) is 30.4 Å².